The van der Waals surface area contributed by atoms with Crippen molar-refractivity contribution in [2.45, 2.75) is 32.7 Å². The van der Waals surface area contributed by atoms with Crippen LogP contribution in [0.15, 0.2) is 33.3 Å². The third-order valence-electron chi connectivity index (χ3n) is 4.23. The number of amides is 1. The number of aryl methyl sites for hydroxylation is 2. The Hall–Kier alpha value is -3.29. The molecule has 0 fully saturated rings. The first-order chi connectivity index (χ1) is 12.6. The maximum atomic E-state index is 12.6. The molecule has 4 rings (SSSR count). The molecule has 8 heteroatoms. The molecular weight excluding hydrogens is 336 g/mol. The zero-order valence-corrected chi connectivity index (χ0v) is 14.1. The second-order valence-corrected chi connectivity index (χ2v) is 6.02. The molecule has 3 aromatic heterocycles. The van der Waals surface area contributed by atoms with Crippen molar-refractivity contribution >= 4 is 11.7 Å². The monoisotopic (exact) mass is 352 g/mol. The number of carbonyl (C=O) groups is 2. The average Bonchev–Trinajstić information content (AvgIpc) is 3.25. The molecule has 0 radical (unpaired) electrons. The molecule has 3 aromatic rings. The van der Waals surface area contributed by atoms with Gasteiger partial charge in [-0.3, -0.25) is 14.6 Å². The van der Waals surface area contributed by atoms with Crippen LogP contribution in [0.5, 0.6) is 0 Å². The highest BCUT2D eigenvalue weighted by Gasteiger charge is 2.30. The van der Waals surface area contributed by atoms with Crippen LogP contribution in [0.2, 0.25) is 0 Å². The van der Waals surface area contributed by atoms with Crippen molar-refractivity contribution in [3.05, 3.63) is 52.9 Å². The van der Waals surface area contributed by atoms with E-state index in [1.807, 2.05) is 6.07 Å². The Labute approximate surface area is 148 Å². The number of nitrogens with zero attached hydrogens (tertiary/aromatic N) is 3. The number of carbonyl (C=O) groups excluding carboxylic acids is 2. The molecule has 8 nitrogen and oxygen atoms in total. The van der Waals surface area contributed by atoms with Crippen LogP contribution in [0, 0.1) is 6.92 Å². The largest absolute Gasteiger partial charge is 0.465 e. The Kier molecular flexibility index (Phi) is 4.08. The van der Waals surface area contributed by atoms with Crippen molar-refractivity contribution in [2.75, 3.05) is 0 Å². The maximum absolute atomic E-state index is 12.6. The molecule has 1 N–H and O–H groups in total. The van der Waals surface area contributed by atoms with E-state index >= 15 is 0 Å². The standard InChI is InChI=1S/C18H16N4O4/c1-10-15(16-12(23)6-4-7-13(16)25-10)18(24)20-9-14-21-17(22-26-14)11-5-2-3-8-19-11/h2-3,5,8H,4,6-7,9H2,1H3,(H,20,24). The molecule has 0 saturated heterocycles. The third-order valence-corrected chi connectivity index (χ3v) is 4.23. The van der Waals surface area contributed by atoms with Gasteiger partial charge in [-0.05, 0) is 25.5 Å². The van der Waals surface area contributed by atoms with Crippen LogP contribution in [0.1, 0.15) is 51.0 Å². The van der Waals surface area contributed by atoms with Crippen molar-refractivity contribution < 1.29 is 18.5 Å². The minimum absolute atomic E-state index is 0.0479. The second-order valence-electron chi connectivity index (χ2n) is 6.02. The molecule has 0 aromatic carbocycles. The lowest BCUT2D eigenvalue weighted by Crippen LogP contribution is -2.26. The lowest BCUT2D eigenvalue weighted by atomic mass is 9.93. The molecule has 1 aliphatic carbocycles. The summed E-state index contributed by atoms with van der Waals surface area (Å²) in [6.07, 6.45) is 3.49. The molecule has 1 aliphatic rings. The van der Waals surface area contributed by atoms with Gasteiger partial charge in [-0.15, -0.1) is 0 Å². The first-order valence-corrected chi connectivity index (χ1v) is 8.31. The number of hydrogen-bond acceptors (Lipinski definition) is 7. The Balaban J connectivity index is 1.50. The molecule has 0 spiro atoms. The van der Waals surface area contributed by atoms with Gasteiger partial charge in [0, 0.05) is 19.0 Å². The number of ketones is 1. The van der Waals surface area contributed by atoms with Crippen LogP contribution in [0.25, 0.3) is 11.5 Å². The van der Waals surface area contributed by atoms with E-state index in [-0.39, 0.29) is 24.1 Å². The minimum Gasteiger partial charge on any atom is -0.465 e. The van der Waals surface area contributed by atoms with Crippen LogP contribution in [0.4, 0.5) is 0 Å². The zero-order valence-electron chi connectivity index (χ0n) is 14.1. The predicted molar refractivity (Wildman–Crippen MR) is 89.4 cm³/mol. The highest BCUT2D eigenvalue weighted by Crippen LogP contribution is 2.29. The van der Waals surface area contributed by atoms with Crippen LogP contribution in [-0.2, 0) is 13.0 Å². The first kappa shape index (κ1) is 16.2. The number of hydrogen-bond donors (Lipinski definition) is 1. The Morgan fingerprint density at radius 1 is 1.31 bits per heavy atom. The van der Waals surface area contributed by atoms with Crippen molar-refractivity contribution in [1.29, 1.82) is 0 Å². The highest BCUT2D eigenvalue weighted by molar-refractivity contribution is 6.09. The van der Waals surface area contributed by atoms with Gasteiger partial charge >= 0.3 is 0 Å². The summed E-state index contributed by atoms with van der Waals surface area (Å²) in [5.74, 6) is 1.20. The van der Waals surface area contributed by atoms with Gasteiger partial charge in [0.2, 0.25) is 11.7 Å². The Bertz CT molecular complexity index is 974. The van der Waals surface area contributed by atoms with E-state index in [1.54, 1.807) is 25.3 Å². The molecule has 0 atom stereocenters. The van der Waals surface area contributed by atoms with Crippen LogP contribution in [-0.4, -0.2) is 26.8 Å². The van der Waals surface area contributed by atoms with E-state index < -0.39 is 0 Å². The quantitative estimate of drug-likeness (QED) is 0.768. The summed E-state index contributed by atoms with van der Waals surface area (Å²) >= 11 is 0. The minimum atomic E-state index is -0.389. The van der Waals surface area contributed by atoms with Gasteiger partial charge < -0.3 is 14.3 Å². The van der Waals surface area contributed by atoms with Crippen LogP contribution < -0.4 is 5.32 Å². The lowest BCUT2D eigenvalue weighted by Gasteiger charge is -2.09. The second kappa shape index (κ2) is 6.55. The van der Waals surface area contributed by atoms with Gasteiger partial charge in [0.1, 0.15) is 17.2 Å². The van der Waals surface area contributed by atoms with Gasteiger partial charge in [0.25, 0.3) is 5.91 Å². The molecule has 26 heavy (non-hydrogen) atoms. The van der Waals surface area contributed by atoms with Crippen LogP contribution >= 0.6 is 0 Å². The summed E-state index contributed by atoms with van der Waals surface area (Å²) in [7, 11) is 0. The predicted octanol–water partition coefficient (Wildman–Crippen LogP) is 2.48. The molecule has 132 valence electrons. The Morgan fingerprint density at radius 3 is 3.00 bits per heavy atom. The number of aromatic nitrogens is 3. The molecule has 0 aliphatic heterocycles. The van der Waals surface area contributed by atoms with Crippen molar-refractivity contribution in [2.24, 2.45) is 0 Å². The molecule has 0 saturated carbocycles. The highest BCUT2D eigenvalue weighted by atomic mass is 16.5. The number of Topliss-reactive ketones (excluding diaryl/α,β-unsaturated/α-hetero) is 1. The number of rotatable bonds is 4. The van der Waals surface area contributed by atoms with Gasteiger partial charge in [0.05, 0.1) is 17.7 Å². The van der Waals surface area contributed by atoms with Gasteiger partial charge in [-0.1, -0.05) is 11.2 Å². The van der Waals surface area contributed by atoms with Crippen LogP contribution in [0.3, 0.4) is 0 Å². The number of fused-ring (bicyclic) bond motifs is 1. The van der Waals surface area contributed by atoms with Gasteiger partial charge in [-0.2, -0.15) is 4.98 Å². The fourth-order valence-corrected chi connectivity index (χ4v) is 3.05. The first-order valence-electron chi connectivity index (χ1n) is 8.31. The summed E-state index contributed by atoms with van der Waals surface area (Å²) in [5.41, 5.74) is 1.29. The zero-order chi connectivity index (χ0) is 18.1. The van der Waals surface area contributed by atoms with Gasteiger partial charge in [0.15, 0.2) is 5.78 Å². The average molecular weight is 352 g/mol. The maximum Gasteiger partial charge on any atom is 0.256 e. The molecule has 0 bridgehead atoms. The topological polar surface area (TPSA) is 111 Å². The van der Waals surface area contributed by atoms with E-state index in [1.165, 1.54) is 0 Å². The molecular formula is C18H16N4O4. The summed E-state index contributed by atoms with van der Waals surface area (Å²) in [6, 6.07) is 5.38. The van der Waals surface area contributed by atoms with E-state index in [0.717, 1.165) is 6.42 Å². The van der Waals surface area contributed by atoms with E-state index in [0.29, 0.717) is 47.0 Å². The summed E-state index contributed by atoms with van der Waals surface area (Å²) in [6.45, 7) is 1.73. The van der Waals surface area contributed by atoms with Crippen molar-refractivity contribution in [1.82, 2.24) is 20.4 Å². The van der Waals surface area contributed by atoms with E-state index in [9.17, 15) is 9.59 Å². The fraction of sp³-hybridized carbons (Fsp3) is 0.278. The summed E-state index contributed by atoms with van der Waals surface area (Å²) in [5, 5.41) is 6.56. The summed E-state index contributed by atoms with van der Waals surface area (Å²) in [4.78, 5) is 33.1. The number of pyridine rings is 1. The number of nitrogens with one attached hydrogen (secondary N) is 1. The molecule has 0 unspecified atom stereocenters. The summed E-state index contributed by atoms with van der Waals surface area (Å²) < 4.78 is 10.7. The van der Waals surface area contributed by atoms with E-state index in [2.05, 4.69) is 20.4 Å². The smallest absolute Gasteiger partial charge is 0.256 e. The Morgan fingerprint density at radius 2 is 2.19 bits per heavy atom. The molecule has 1 amide bonds. The third kappa shape index (κ3) is 2.90. The van der Waals surface area contributed by atoms with Crippen molar-refractivity contribution in [3.8, 4) is 11.5 Å². The molecule has 3 heterocycles. The normalized spacial score (nSPS) is 13.5. The SMILES string of the molecule is Cc1oc2c(c1C(=O)NCc1nc(-c3ccccn3)no1)C(=O)CCC2. The lowest BCUT2D eigenvalue weighted by molar-refractivity contribution is 0.0923. The van der Waals surface area contributed by atoms with Crippen molar-refractivity contribution in [3.63, 3.8) is 0 Å². The van der Waals surface area contributed by atoms with E-state index in [4.69, 9.17) is 8.94 Å². The van der Waals surface area contributed by atoms with Gasteiger partial charge in [-0.25, -0.2) is 0 Å². The fourth-order valence-electron chi connectivity index (χ4n) is 3.05. The number of furan rings is 1.